The van der Waals surface area contributed by atoms with E-state index in [4.69, 9.17) is 4.74 Å². The second-order valence-electron chi connectivity index (χ2n) is 5.07. The maximum atomic E-state index is 12.3. The van der Waals surface area contributed by atoms with Crippen molar-refractivity contribution in [3.8, 4) is 5.75 Å². The molecule has 1 amide bonds. The highest BCUT2D eigenvalue weighted by Gasteiger charge is 2.23. The number of hydrogen-bond acceptors (Lipinski definition) is 2. The van der Waals surface area contributed by atoms with E-state index in [0.29, 0.717) is 12.2 Å². The molecule has 0 aliphatic carbocycles. The van der Waals surface area contributed by atoms with Gasteiger partial charge in [0.1, 0.15) is 5.75 Å². The molecule has 102 valence electrons. The third kappa shape index (κ3) is 2.52. The number of carbonyl (C=O) groups is 1. The highest BCUT2D eigenvalue weighted by molar-refractivity contribution is 5.94. The van der Waals surface area contributed by atoms with E-state index in [2.05, 4.69) is 11.4 Å². The molecule has 1 heterocycles. The summed E-state index contributed by atoms with van der Waals surface area (Å²) in [5, 5.41) is 3.10. The van der Waals surface area contributed by atoms with E-state index in [1.165, 1.54) is 5.56 Å². The van der Waals surface area contributed by atoms with Gasteiger partial charge >= 0.3 is 0 Å². The molecule has 0 fully saturated rings. The maximum absolute atomic E-state index is 12.3. The van der Waals surface area contributed by atoms with Gasteiger partial charge in [-0.15, -0.1) is 0 Å². The molecule has 1 unspecified atom stereocenters. The van der Waals surface area contributed by atoms with E-state index in [-0.39, 0.29) is 11.9 Å². The van der Waals surface area contributed by atoms with E-state index in [1.807, 2.05) is 49.4 Å². The summed E-state index contributed by atoms with van der Waals surface area (Å²) in [5.41, 5.74) is 2.93. The Labute approximate surface area is 118 Å². The average molecular weight is 267 g/mol. The topological polar surface area (TPSA) is 38.3 Å². The van der Waals surface area contributed by atoms with Crippen LogP contribution in [0.25, 0.3) is 0 Å². The molecule has 0 aromatic heterocycles. The van der Waals surface area contributed by atoms with Gasteiger partial charge in [-0.05, 0) is 25.1 Å². The van der Waals surface area contributed by atoms with Gasteiger partial charge in [-0.25, -0.2) is 0 Å². The summed E-state index contributed by atoms with van der Waals surface area (Å²) >= 11 is 0. The van der Waals surface area contributed by atoms with Gasteiger partial charge in [0.25, 0.3) is 5.91 Å². The highest BCUT2D eigenvalue weighted by Crippen LogP contribution is 2.32. The molecule has 3 nitrogen and oxygen atoms in total. The van der Waals surface area contributed by atoms with Crippen molar-refractivity contribution in [2.45, 2.75) is 19.4 Å². The third-order valence-electron chi connectivity index (χ3n) is 3.55. The number of benzene rings is 2. The van der Waals surface area contributed by atoms with Crippen molar-refractivity contribution in [3.63, 3.8) is 0 Å². The number of carbonyl (C=O) groups excluding carboxylic acids is 1. The molecule has 1 N–H and O–H groups in total. The first-order valence-electron chi connectivity index (χ1n) is 6.83. The molecular weight excluding hydrogens is 250 g/mol. The van der Waals surface area contributed by atoms with Gasteiger partial charge in [-0.3, -0.25) is 4.79 Å². The number of nitrogens with one attached hydrogen (secondary N) is 1. The zero-order valence-electron chi connectivity index (χ0n) is 11.4. The molecule has 20 heavy (non-hydrogen) atoms. The first-order chi connectivity index (χ1) is 9.74. The number of amides is 1. The standard InChI is InChI=1S/C17H17NO2/c1-12-7-8-16-14(11-12)15(9-10-20-16)18-17(19)13-5-3-2-4-6-13/h2-8,11,15H,9-10H2,1H3,(H,18,19). The van der Waals surface area contributed by atoms with Gasteiger partial charge < -0.3 is 10.1 Å². The fraction of sp³-hybridized carbons (Fsp3) is 0.235. The average Bonchev–Trinajstić information content (AvgIpc) is 2.49. The van der Waals surface area contributed by atoms with Crippen LogP contribution in [0.3, 0.4) is 0 Å². The number of ether oxygens (including phenoxy) is 1. The zero-order chi connectivity index (χ0) is 13.9. The Bertz CT molecular complexity index is 622. The molecule has 0 spiro atoms. The zero-order valence-corrected chi connectivity index (χ0v) is 11.4. The lowest BCUT2D eigenvalue weighted by molar-refractivity contribution is 0.0925. The molecule has 2 aromatic carbocycles. The predicted octanol–water partition coefficient (Wildman–Crippen LogP) is 3.25. The lowest BCUT2D eigenvalue weighted by Gasteiger charge is -2.27. The quantitative estimate of drug-likeness (QED) is 0.907. The van der Waals surface area contributed by atoms with Crippen LogP contribution in [0.4, 0.5) is 0 Å². The van der Waals surface area contributed by atoms with Crippen LogP contribution in [0.2, 0.25) is 0 Å². The smallest absolute Gasteiger partial charge is 0.251 e. The van der Waals surface area contributed by atoms with Crippen LogP contribution in [0.5, 0.6) is 5.75 Å². The van der Waals surface area contributed by atoms with Gasteiger partial charge in [-0.1, -0.05) is 35.9 Å². The van der Waals surface area contributed by atoms with Crippen molar-refractivity contribution < 1.29 is 9.53 Å². The van der Waals surface area contributed by atoms with E-state index < -0.39 is 0 Å². The van der Waals surface area contributed by atoms with E-state index in [0.717, 1.165) is 17.7 Å². The van der Waals surface area contributed by atoms with Crippen LogP contribution in [0.1, 0.15) is 33.9 Å². The number of aryl methyl sites for hydroxylation is 1. The second kappa shape index (κ2) is 5.37. The molecule has 1 aliphatic rings. The van der Waals surface area contributed by atoms with Crippen molar-refractivity contribution in [2.24, 2.45) is 0 Å². The van der Waals surface area contributed by atoms with Crippen LogP contribution >= 0.6 is 0 Å². The SMILES string of the molecule is Cc1ccc2c(c1)C(NC(=O)c1ccccc1)CCO2. The van der Waals surface area contributed by atoms with Crippen LogP contribution < -0.4 is 10.1 Å². The van der Waals surface area contributed by atoms with Crippen LogP contribution in [-0.4, -0.2) is 12.5 Å². The normalized spacial score (nSPS) is 16.9. The maximum Gasteiger partial charge on any atom is 0.251 e. The minimum atomic E-state index is -0.0371. The Balaban J connectivity index is 1.83. The Hall–Kier alpha value is -2.29. The van der Waals surface area contributed by atoms with E-state index in [9.17, 15) is 4.79 Å². The van der Waals surface area contributed by atoms with Crippen LogP contribution in [0.15, 0.2) is 48.5 Å². The molecule has 0 bridgehead atoms. The minimum absolute atomic E-state index is 0.0198. The summed E-state index contributed by atoms with van der Waals surface area (Å²) in [6.07, 6.45) is 0.801. The van der Waals surface area contributed by atoms with Crippen LogP contribution in [-0.2, 0) is 0 Å². The molecule has 1 atom stereocenters. The van der Waals surface area contributed by atoms with Crippen molar-refractivity contribution in [3.05, 3.63) is 65.2 Å². The Kier molecular flexibility index (Phi) is 3.42. The fourth-order valence-corrected chi connectivity index (χ4v) is 2.49. The van der Waals surface area contributed by atoms with Crippen molar-refractivity contribution in [2.75, 3.05) is 6.61 Å². The van der Waals surface area contributed by atoms with Crippen molar-refractivity contribution in [1.82, 2.24) is 5.32 Å². The monoisotopic (exact) mass is 267 g/mol. The van der Waals surface area contributed by atoms with Gasteiger partial charge in [0, 0.05) is 17.5 Å². The lowest BCUT2D eigenvalue weighted by Crippen LogP contribution is -2.32. The summed E-state index contributed by atoms with van der Waals surface area (Å²) in [6, 6.07) is 15.4. The number of fused-ring (bicyclic) bond motifs is 1. The van der Waals surface area contributed by atoms with Crippen LogP contribution in [0, 0.1) is 6.92 Å². The first kappa shape index (κ1) is 12.7. The third-order valence-corrected chi connectivity index (χ3v) is 3.55. The Morgan fingerprint density at radius 2 is 2.00 bits per heavy atom. The fourth-order valence-electron chi connectivity index (χ4n) is 2.49. The molecule has 1 aliphatic heterocycles. The van der Waals surface area contributed by atoms with Crippen molar-refractivity contribution in [1.29, 1.82) is 0 Å². The minimum Gasteiger partial charge on any atom is -0.493 e. The molecule has 2 aromatic rings. The highest BCUT2D eigenvalue weighted by atomic mass is 16.5. The second-order valence-corrected chi connectivity index (χ2v) is 5.07. The van der Waals surface area contributed by atoms with Gasteiger partial charge in [0.2, 0.25) is 0 Å². The Morgan fingerprint density at radius 3 is 2.80 bits per heavy atom. The molecule has 3 rings (SSSR count). The largest absolute Gasteiger partial charge is 0.493 e. The molecular formula is C17H17NO2. The van der Waals surface area contributed by atoms with Gasteiger partial charge in [-0.2, -0.15) is 0 Å². The summed E-state index contributed by atoms with van der Waals surface area (Å²) in [5.74, 6) is 0.838. The van der Waals surface area contributed by atoms with Crippen molar-refractivity contribution >= 4 is 5.91 Å². The molecule has 0 saturated carbocycles. The van der Waals surface area contributed by atoms with E-state index in [1.54, 1.807) is 0 Å². The summed E-state index contributed by atoms with van der Waals surface area (Å²) < 4.78 is 5.64. The number of rotatable bonds is 2. The van der Waals surface area contributed by atoms with Gasteiger partial charge in [0.15, 0.2) is 0 Å². The summed E-state index contributed by atoms with van der Waals surface area (Å²) in [6.45, 7) is 2.68. The molecule has 0 radical (unpaired) electrons. The lowest BCUT2D eigenvalue weighted by atomic mass is 9.98. The predicted molar refractivity (Wildman–Crippen MR) is 77.9 cm³/mol. The summed E-state index contributed by atoms with van der Waals surface area (Å²) in [7, 11) is 0. The van der Waals surface area contributed by atoms with E-state index >= 15 is 0 Å². The Morgan fingerprint density at radius 1 is 1.20 bits per heavy atom. The van der Waals surface area contributed by atoms with Gasteiger partial charge in [0.05, 0.1) is 12.6 Å². The number of hydrogen-bond donors (Lipinski definition) is 1. The summed E-state index contributed by atoms with van der Waals surface area (Å²) in [4.78, 5) is 12.3. The molecule has 0 saturated heterocycles. The first-order valence-corrected chi connectivity index (χ1v) is 6.83. The molecule has 3 heteroatoms.